The van der Waals surface area contributed by atoms with Crippen molar-refractivity contribution < 1.29 is 14.4 Å². The number of amides is 3. The first-order valence-corrected chi connectivity index (χ1v) is 9.09. The van der Waals surface area contributed by atoms with E-state index in [9.17, 15) is 14.4 Å². The third kappa shape index (κ3) is 4.05. The monoisotopic (exact) mass is 435 g/mol. The van der Waals surface area contributed by atoms with Crippen LogP contribution in [0.15, 0.2) is 46.9 Å². The molecule has 2 N–H and O–H groups in total. The molecule has 3 amide bonds. The zero-order chi connectivity index (χ0) is 18.7. The van der Waals surface area contributed by atoms with Crippen LogP contribution in [0.2, 0.25) is 5.02 Å². The second-order valence-corrected chi connectivity index (χ2v) is 7.09. The summed E-state index contributed by atoms with van der Waals surface area (Å²) in [5.41, 5.74) is 6.76. The fourth-order valence-corrected chi connectivity index (χ4v) is 3.19. The molecule has 26 heavy (non-hydrogen) atoms. The molecule has 0 atom stereocenters. The summed E-state index contributed by atoms with van der Waals surface area (Å²) < 4.78 is 0.741. The molecule has 0 bridgehead atoms. The average molecular weight is 437 g/mol. The van der Waals surface area contributed by atoms with Gasteiger partial charge < -0.3 is 0 Å². The van der Waals surface area contributed by atoms with Gasteiger partial charge in [0.15, 0.2) is 0 Å². The first-order chi connectivity index (χ1) is 12.5. The molecule has 1 heterocycles. The number of fused-ring (bicyclic) bond motifs is 1. The summed E-state index contributed by atoms with van der Waals surface area (Å²) in [6.45, 7) is 0.189. The molecule has 3 rings (SSSR count). The van der Waals surface area contributed by atoms with Crippen LogP contribution in [0.4, 0.5) is 5.69 Å². The summed E-state index contributed by atoms with van der Waals surface area (Å²) in [6, 6.07) is 11.9. The molecule has 0 aliphatic carbocycles. The van der Waals surface area contributed by atoms with E-state index in [1.807, 2.05) is 0 Å². The van der Waals surface area contributed by atoms with Gasteiger partial charge in [-0.3, -0.25) is 30.1 Å². The van der Waals surface area contributed by atoms with Gasteiger partial charge in [-0.05, 0) is 42.8 Å². The van der Waals surface area contributed by atoms with E-state index in [0.717, 1.165) is 4.47 Å². The molecule has 2 aromatic rings. The smallest absolute Gasteiger partial charge is 0.261 e. The fraction of sp³-hybridized carbons (Fsp3) is 0.167. The summed E-state index contributed by atoms with van der Waals surface area (Å²) in [7, 11) is 0. The number of nitrogens with one attached hydrogen (secondary N) is 2. The molecule has 1 aliphatic heterocycles. The normalized spacial score (nSPS) is 12.9. The Morgan fingerprint density at radius 3 is 2.62 bits per heavy atom. The van der Waals surface area contributed by atoms with Crippen molar-refractivity contribution in [3.8, 4) is 0 Å². The van der Waals surface area contributed by atoms with Crippen molar-refractivity contribution in [2.24, 2.45) is 0 Å². The van der Waals surface area contributed by atoms with Crippen LogP contribution in [0, 0.1) is 0 Å². The third-order valence-corrected chi connectivity index (χ3v) is 4.62. The number of hydrogen-bond donors (Lipinski definition) is 2. The van der Waals surface area contributed by atoms with Gasteiger partial charge in [0.25, 0.3) is 11.8 Å². The number of anilines is 1. The van der Waals surface area contributed by atoms with Crippen molar-refractivity contribution in [2.75, 3.05) is 12.0 Å². The van der Waals surface area contributed by atoms with Gasteiger partial charge in [0.05, 0.1) is 16.8 Å². The van der Waals surface area contributed by atoms with Crippen LogP contribution in [-0.4, -0.2) is 29.2 Å². The van der Waals surface area contributed by atoms with Gasteiger partial charge in [0.2, 0.25) is 5.91 Å². The van der Waals surface area contributed by atoms with E-state index in [-0.39, 0.29) is 30.7 Å². The van der Waals surface area contributed by atoms with Crippen molar-refractivity contribution in [3.05, 3.63) is 63.1 Å². The minimum Gasteiger partial charge on any atom is -0.299 e. The second-order valence-electron chi connectivity index (χ2n) is 5.74. The zero-order valence-electron chi connectivity index (χ0n) is 13.6. The van der Waals surface area contributed by atoms with Crippen molar-refractivity contribution in [3.63, 3.8) is 0 Å². The number of nitrogens with zero attached hydrogens (tertiary/aromatic N) is 1. The van der Waals surface area contributed by atoms with E-state index < -0.39 is 0 Å². The minimum atomic E-state index is -0.330. The van der Waals surface area contributed by atoms with Crippen LogP contribution in [0.5, 0.6) is 0 Å². The molecule has 0 aromatic heterocycles. The molecule has 0 fully saturated rings. The highest BCUT2D eigenvalue weighted by atomic mass is 79.9. The van der Waals surface area contributed by atoms with E-state index in [2.05, 4.69) is 26.8 Å². The van der Waals surface area contributed by atoms with E-state index >= 15 is 0 Å². The Morgan fingerprint density at radius 1 is 1.08 bits per heavy atom. The highest BCUT2D eigenvalue weighted by Gasteiger charge is 2.35. The van der Waals surface area contributed by atoms with Gasteiger partial charge in [-0.25, -0.2) is 0 Å². The summed E-state index contributed by atoms with van der Waals surface area (Å²) in [5, 5.41) is 0.557. The third-order valence-electron chi connectivity index (χ3n) is 3.89. The Kier molecular flexibility index (Phi) is 5.58. The maximum Gasteiger partial charge on any atom is 0.261 e. The Bertz CT molecular complexity index is 888. The lowest BCUT2D eigenvalue weighted by Crippen LogP contribution is -2.33. The molecular weight excluding hydrogens is 422 g/mol. The lowest BCUT2D eigenvalue weighted by atomic mass is 10.1. The van der Waals surface area contributed by atoms with Gasteiger partial charge in [-0.15, -0.1) is 0 Å². The van der Waals surface area contributed by atoms with Crippen molar-refractivity contribution in [1.29, 1.82) is 0 Å². The van der Waals surface area contributed by atoms with Crippen LogP contribution < -0.4 is 10.9 Å². The average Bonchev–Trinajstić information content (AvgIpc) is 2.84. The molecule has 8 heteroatoms. The van der Waals surface area contributed by atoms with Crippen LogP contribution >= 0.6 is 27.5 Å². The summed E-state index contributed by atoms with van der Waals surface area (Å²) >= 11 is 9.16. The number of imide groups is 1. The maximum absolute atomic E-state index is 12.3. The van der Waals surface area contributed by atoms with Gasteiger partial charge in [-0.1, -0.05) is 33.6 Å². The number of halogens is 2. The minimum absolute atomic E-state index is 0.171. The molecule has 0 saturated carbocycles. The first kappa shape index (κ1) is 18.4. The van der Waals surface area contributed by atoms with Gasteiger partial charge in [0.1, 0.15) is 0 Å². The second kappa shape index (κ2) is 7.88. The van der Waals surface area contributed by atoms with Gasteiger partial charge >= 0.3 is 0 Å². The van der Waals surface area contributed by atoms with Crippen LogP contribution in [0.3, 0.4) is 0 Å². The highest BCUT2D eigenvalue weighted by molar-refractivity contribution is 9.10. The van der Waals surface area contributed by atoms with E-state index in [1.54, 1.807) is 42.5 Å². The Labute approximate surface area is 163 Å². The summed E-state index contributed by atoms with van der Waals surface area (Å²) in [4.78, 5) is 37.7. The first-order valence-electron chi connectivity index (χ1n) is 7.92. The summed E-state index contributed by atoms with van der Waals surface area (Å²) in [5.74, 6) is -0.900. The highest BCUT2D eigenvalue weighted by Crippen LogP contribution is 2.26. The number of carbonyl (C=O) groups is 3. The maximum atomic E-state index is 12.3. The lowest BCUT2D eigenvalue weighted by Gasteiger charge is -2.13. The van der Waals surface area contributed by atoms with Crippen molar-refractivity contribution in [2.45, 2.75) is 12.8 Å². The number of carbonyl (C=O) groups excluding carboxylic acids is 3. The standard InChI is InChI=1S/C18H15BrClN3O3/c19-11-6-7-14-15(9-11)18(26)23(17(14)25)8-2-5-16(24)22-21-13-4-1-3-12(20)10-13/h1,3-4,6-7,9-10,21H,2,5,8H2,(H,22,24). The van der Waals surface area contributed by atoms with Crippen molar-refractivity contribution in [1.82, 2.24) is 10.3 Å². The molecule has 0 spiro atoms. The summed E-state index contributed by atoms with van der Waals surface area (Å²) in [6.07, 6.45) is 0.542. The fourth-order valence-electron chi connectivity index (χ4n) is 2.63. The van der Waals surface area contributed by atoms with Gasteiger partial charge in [0, 0.05) is 22.5 Å². The topological polar surface area (TPSA) is 78.5 Å². The number of benzene rings is 2. The van der Waals surface area contributed by atoms with E-state index in [4.69, 9.17) is 11.6 Å². The number of rotatable bonds is 6. The van der Waals surface area contributed by atoms with E-state index in [0.29, 0.717) is 28.3 Å². The van der Waals surface area contributed by atoms with Gasteiger partial charge in [-0.2, -0.15) is 0 Å². The molecule has 6 nitrogen and oxygen atoms in total. The van der Waals surface area contributed by atoms with Crippen LogP contribution in [0.25, 0.3) is 0 Å². The lowest BCUT2D eigenvalue weighted by molar-refractivity contribution is -0.120. The Morgan fingerprint density at radius 2 is 1.85 bits per heavy atom. The molecule has 1 aliphatic rings. The van der Waals surface area contributed by atoms with Crippen molar-refractivity contribution >= 4 is 50.9 Å². The molecule has 0 saturated heterocycles. The molecule has 134 valence electrons. The number of hydrogen-bond acceptors (Lipinski definition) is 4. The molecule has 0 radical (unpaired) electrons. The largest absolute Gasteiger partial charge is 0.299 e. The zero-order valence-corrected chi connectivity index (χ0v) is 15.9. The van der Waals surface area contributed by atoms with Crippen LogP contribution in [-0.2, 0) is 4.79 Å². The Balaban J connectivity index is 1.48. The molecular formula is C18H15BrClN3O3. The SMILES string of the molecule is O=C(CCCN1C(=O)c2ccc(Br)cc2C1=O)NNc1cccc(Cl)c1. The predicted octanol–water partition coefficient (Wildman–Crippen LogP) is 3.62. The van der Waals surface area contributed by atoms with E-state index in [1.165, 1.54) is 4.90 Å². The Hall–Kier alpha value is -2.38. The predicted molar refractivity (Wildman–Crippen MR) is 102 cm³/mol. The number of hydrazine groups is 1. The quantitative estimate of drug-likeness (QED) is 0.535. The van der Waals surface area contributed by atoms with Crippen LogP contribution in [0.1, 0.15) is 33.6 Å². The molecule has 0 unspecified atom stereocenters. The molecule has 2 aromatic carbocycles.